The second-order valence-electron chi connectivity index (χ2n) is 4.37. The zero-order valence-corrected chi connectivity index (χ0v) is 12.0. The normalized spacial score (nSPS) is 11.6. The van der Waals surface area contributed by atoms with Crippen molar-refractivity contribution in [3.05, 3.63) is 35.9 Å². The number of amides is 1. The average molecular weight is 293 g/mol. The highest BCUT2D eigenvalue weighted by Crippen LogP contribution is 2.02. The Labute approximate surface area is 123 Å². The van der Waals surface area contributed by atoms with Crippen LogP contribution in [-0.2, 0) is 30.5 Å². The summed E-state index contributed by atoms with van der Waals surface area (Å²) in [5.74, 6) is -0.441. The summed E-state index contributed by atoms with van der Waals surface area (Å²) >= 11 is 0. The fourth-order valence-corrected chi connectivity index (χ4v) is 1.28. The van der Waals surface area contributed by atoms with Gasteiger partial charge in [0, 0.05) is 13.3 Å². The number of hydrogen-bond donors (Lipinski definition) is 1. The Kier molecular flexibility index (Phi) is 7.56. The largest absolute Gasteiger partial charge is 0.466 e. The minimum absolute atomic E-state index is 0.167. The zero-order chi connectivity index (χ0) is 15.5. The minimum atomic E-state index is -0.331. The Bertz CT molecular complexity index is 466. The summed E-state index contributed by atoms with van der Waals surface area (Å²) in [5, 5.41) is 2.46. The van der Waals surface area contributed by atoms with Gasteiger partial charge in [0.1, 0.15) is 6.61 Å². The lowest BCUT2D eigenvalue weighted by molar-refractivity contribution is -0.147. The first kappa shape index (κ1) is 16.7. The summed E-state index contributed by atoms with van der Waals surface area (Å²) in [4.78, 5) is 31.2. The van der Waals surface area contributed by atoms with Gasteiger partial charge in [-0.15, -0.1) is 0 Å². The van der Waals surface area contributed by atoms with Crippen LogP contribution in [0, 0.1) is 0 Å². The maximum atomic E-state index is 11.3. The molecule has 1 aliphatic rings. The molecule has 1 saturated heterocycles. The van der Waals surface area contributed by atoms with Gasteiger partial charge >= 0.3 is 11.9 Å². The lowest BCUT2D eigenvalue weighted by Crippen LogP contribution is -2.07. The number of rotatable bonds is 6. The predicted molar refractivity (Wildman–Crippen MR) is 75.1 cm³/mol. The Morgan fingerprint density at radius 2 is 1.81 bits per heavy atom. The molecule has 0 saturated carbocycles. The average Bonchev–Trinajstić information content (AvgIpc) is 3.25. The summed E-state index contributed by atoms with van der Waals surface area (Å²) in [6.07, 6.45) is 0.757. The van der Waals surface area contributed by atoms with E-state index in [1.54, 1.807) is 0 Å². The van der Waals surface area contributed by atoms with E-state index in [9.17, 15) is 14.4 Å². The number of nitrogens with one attached hydrogen (secondary N) is 1. The van der Waals surface area contributed by atoms with Gasteiger partial charge in [0.05, 0.1) is 13.2 Å². The predicted octanol–water partition coefficient (Wildman–Crippen LogP) is 1.19. The highest BCUT2D eigenvalue weighted by molar-refractivity contribution is 5.91. The number of carbonyl (C=O) groups is 3. The van der Waals surface area contributed by atoms with Crippen LogP contribution >= 0.6 is 0 Å². The highest BCUT2D eigenvalue weighted by atomic mass is 16.5. The molecule has 1 fully saturated rings. The molecule has 0 radical (unpaired) electrons. The topological polar surface area (TPSA) is 91.6 Å². The number of esters is 2. The van der Waals surface area contributed by atoms with E-state index in [0.717, 1.165) is 5.56 Å². The highest BCUT2D eigenvalue weighted by Gasteiger charge is 2.10. The van der Waals surface area contributed by atoms with Crippen LogP contribution in [0.4, 0.5) is 0 Å². The van der Waals surface area contributed by atoms with Crippen molar-refractivity contribution in [2.45, 2.75) is 26.4 Å². The molecule has 1 aliphatic heterocycles. The minimum Gasteiger partial charge on any atom is -0.466 e. The Hall–Kier alpha value is -2.37. The molecule has 0 spiro atoms. The van der Waals surface area contributed by atoms with Crippen LogP contribution < -0.4 is 5.32 Å². The Morgan fingerprint density at radius 1 is 1.19 bits per heavy atom. The van der Waals surface area contributed by atoms with Crippen molar-refractivity contribution in [3.63, 3.8) is 0 Å². The number of carbonyl (C=O) groups excluding carboxylic acids is 3. The maximum absolute atomic E-state index is 11.3. The molecule has 21 heavy (non-hydrogen) atoms. The van der Waals surface area contributed by atoms with Crippen molar-refractivity contribution >= 4 is 17.8 Å². The first-order valence-electron chi connectivity index (χ1n) is 6.67. The first-order chi connectivity index (χ1) is 10.1. The van der Waals surface area contributed by atoms with Crippen LogP contribution in [0.1, 0.15) is 25.3 Å². The van der Waals surface area contributed by atoms with E-state index in [2.05, 4.69) is 5.32 Å². The van der Waals surface area contributed by atoms with Gasteiger partial charge in [-0.2, -0.15) is 0 Å². The van der Waals surface area contributed by atoms with Crippen LogP contribution in [0.2, 0.25) is 0 Å². The molecule has 0 bridgehead atoms. The van der Waals surface area contributed by atoms with E-state index in [0.29, 0.717) is 13.0 Å². The van der Waals surface area contributed by atoms with Gasteiger partial charge in [-0.3, -0.25) is 14.4 Å². The molecule has 0 aromatic heterocycles. The Morgan fingerprint density at radius 3 is 2.33 bits per heavy atom. The van der Waals surface area contributed by atoms with Gasteiger partial charge < -0.3 is 14.8 Å². The van der Waals surface area contributed by atoms with Gasteiger partial charge in [-0.25, -0.2) is 0 Å². The molecule has 0 unspecified atom stereocenters. The smallest absolute Gasteiger partial charge is 0.306 e. The van der Waals surface area contributed by atoms with E-state index in [1.165, 1.54) is 6.92 Å². The van der Waals surface area contributed by atoms with Gasteiger partial charge in [0.15, 0.2) is 0 Å². The second kappa shape index (κ2) is 9.52. The van der Waals surface area contributed by atoms with E-state index < -0.39 is 0 Å². The van der Waals surface area contributed by atoms with E-state index in [-0.39, 0.29) is 37.5 Å². The fraction of sp³-hybridized carbons (Fsp3) is 0.400. The molecular weight excluding hydrogens is 274 g/mol. The first-order valence-corrected chi connectivity index (χ1v) is 6.67. The third-order valence-electron chi connectivity index (χ3n) is 2.39. The van der Waals surface area contributed by atoms with E-state index in [1.807, 2.05) is 30.3 Å². The standard InChI is InChI=1S/C13H16O4.C2H3NO/c1-11(14)16-9-5-8-13(15)17-10-12-6-3-2-4-7-12;4-2-1-3-2/h2-4,6-7H,5,8-10H2,1H3;1H2,(H,3,4). The number of ether oxygens (including phenoxy) is 2. The van der Waals surface area contributed by atoms with Crippen molar-refractivity contribution < 1.29 is 23.9 Å². The quantitative estimate of drug-likeness (QED) is 0.483. The number of hydrogen-bond acceptors (Lipinski definition) is 5. The molecule has 1 heterocycles. The third kappa shape index (κ3) is 10.1. The van der Waals surface area contributed by atoms with Crippen LogP contribution in [0.3, 0.4) is 0 Å². The molecule has 1 N–H and O–H groups in total. The maximum Gasteiger partial charge on any atom is 0.306 e. The summed E-state index contributed by atoms with van der Waals surface area (Å²) in [6, 6.07) is 9.48. The summed E-state index contributed by atoms with van der Waals surface area (Å²) in [5.41, 5.74) is 0.959. The molecule has 0 atom stereocenters. The van der Waals surface area contributed by atoms with Gasteiger partial charge in [0.2, 0.25) is 5.91 Å². The van der Waals surface area contributed by atoms with Gasteiger partial charge in [-0.05, 0) is 12.0 Å². The van der Waals surface area contributed by atoms with Crippen LogP contribution in [0.25, 0.3) is 0 Å². The summed E-state index contributed by atoms with van der Waals surface area (Å²) in [6.45, 7) is 2.48. The van der Waals surface area contributed by atoms with Crippen LogP contribution in [0.5, 0.6) is 0 Å². The lowest BCUT2D eigenvalue weighted by Gasteiger charge is -2.05. The van der Waals surface area contributed by atoms with Crippen molar-refractivity contribution in [1.29, 1.82) is 0 Å². The second-order valence-corrected chi connectivity index (χ2v) is 4.37. The Balaban J connectivity index is 0.000000471. The SMILES string of the molecule is CC(=O)OCCCC(=O)OCc1ccccc1.O=C1CN1. The number of benzene rings is 1. The van der Waals surface area contributed by atoms with Gasteiger partial charge in [-0.1, -0.05) is 30.3 Å². The fourth-order valence-electron chi connectivity index (χ4n) is 1.28. The molecule has 1 amide bonds. The molecule has 2 rings (SSSR count). The van der Waals surface area contributed by atoms with Crippen LogP contribution in [-0.4, -0.2) is 31.0 Å². The lowest BCUT2D eigenvalue weighted by atomic mass is 10.2. The van der Waals surface area contributed by atoms with Crippen LogP contribution in [0.15, 0.2) is 30.3 Å². The van der Waals surface area contributed by atoms with Crippen molar-refractivity contribution in [3.8, 4) is 0 Å². The van der Waals surface area contributed by atoms with E-state index in [4.69, 9.17) is 9.47 Å². The summed E-state index contributed by atoms with van der Waals surface area (Å²) < 4.78 is 9.76. The molecule has 6 nitrogen and oxygen atoms in total. The zero-order valence-electron chi connectivity index (χ0n) is 12.0. The van der Waals surface area contributed by atoms with Crippen molar-refractivity contribution in [1.82, 2.24) is 5.32 Å². The molecule has 114 valence electrons. The molecule has 1 aromatic rings. The molecule has 1 aromatic carbocycles. The molecular formula is C15H19NO5. The summed E-state index contributed by atoms with van der Waals surface area (Å²) in [7, 11) is 0. The van der Waals surface area contributed by atoms with Gasteiger partial charge in [0.25, 0.3) is 0 Å². The monoisotopic (exact) mass is 293 g/mol. The molecule has 0 aliphatic carbocycles. The van der Waals surface area contributed by atoms with E-state index >= 15 is 0 Å². The third-order valence-corrected chi connectivity index (χ3v) is 2.39. The molecule has 6 heteroatoms. The van der Waals surface area contributed by atoms with Crippen molar-refractivity contribution in [2.75, 3.05) is 13.2 Å². The van der Waals surface area contributed by atoms with Crippen molar-refractivity contribution in [2.24, 2.45) is 0 Å².